The van der Waals surface area contributed by atoms with Gasteiger partial charge in [0.15, 0.2) is 0 Å². The Morgan fingerprint density at radius 1 is 1.57 bits per heavy atom. The molecular weight excluding hydrogens is 176 g/mol. The van der Waals surface area contributed by atoms with E-state index in [1.165, 1.54) is 0 Å². The van der Waals surface area contributed by atoms with Crippen LogP contribution in [0.5, 0.6) is 5.88 Å². The number of nitrogens with zero attached hydrogens (tertiary/aromatic N) is 1. The summed E-state index contributed by atoms with van der Waals surface area (Å²) in [6.45, 7) is 1.63. The molecule has 0 aromatic carbocycles. The molecule has 0 aliphatic rings. The summed E-state index contributed by atoms with van der Waals surface area (Å²) in [5.41, 5.74) is 1.13. The number of hydrogen-bond donors (Lipinski definition) is 1. The molecule has 1 aromatic heterocycles. The van der Waals surface area contributed by atoms with Crippen molar-refractivity contribution in [2.75, 3.05) is 13.7 Å². The quantitative estimate of drug-likeness (QED) is 0.559. The van der Waals surface area contributed by atoms with E-state index < -0.39 is 0 Å². The molecule has 0 unspecified atom stereocenters. The van der Waals surface area contributed by atoms with Crippen LogP contribution in [0.25, 0.3) is 0 Å². The molecule has 0 aliphatic carbocycles. The van der Waals surface area contributed by atoms with E-state index >= 15 is 0 Å². The fourth-order valence-electron chi connectivity index (χ4n) is 1.03. The highest BCUT2D eigenvalue weighted by Crippen LogP contribution is 2.05. The van der Waals surface area contributed by atoms with Crippen molar-refractivity contribution in [2.24, 2.45) is 0 Å². The average molecular weight is 190 g/mol. The third-order valence-electron chi connectivity index (χ3n) is 1.78. The Hall–Kier alpha value is -1.53. The number of ether oxygens (including phenoxy) is 1. The highest BCUT2D eigenvalue weighted by molar-refractivity contribution is 5.17. The first-order valence-electron chi connectivity index (χ1n) is 4.50. The fraction of sp³-hybridized carbons (Fsp3) is 0.364. The molecule has 74 valence electrons. The topological polar surface area (TPSA) is 34.1 Å². The van der Waals surface area contributed by atoms with Crippen LogP contribution in [-0.4, -0.2) is 18.6 Å². The molecule has 0 radical (unpaired) electrons. The van der Waals surface area contributed by atoms with Crippen molar-refractivity contribution in [3.8, 4) is 18.2 Å². The molecule has 0 aliphatic heterocycles. The second-order valence-electron chi connectivity index (χ2n) is 2.84. The zero-order chi connectivity index (χ0) is 10.2. The van der Waals surface area contributed by atoms with Gasteiger partial charge >= 0.3 is 0 Å². The van der Waals surface area contributed by atoms with Gasteiger partial charge in [-0.3, -0.25) is 0 Å². The van der Waals surface area contributed by atoms with Crippen LogP contribution >= 0.6 is 0 Å². The third-order valence-corrected chi connectivity index (χ3v) is 1.78. The van der Waals surface area contributed by atoms with Crippen LogP contribution in [0.4, 0.5) is 0 Å². The van der Waals surface area contributed by atoms with Crippen molar-refractivity contribution in [1.82, 2.24) is 10.3 Å². The summed E-state index contributed by atoms with van der Waals surface area (Å²) in [4.78, 5) is 4.09. The second-order valence-corrected chi connectivity index (χ2v) is 2.84. The van der Waals surface area contributed by atoms with Crippen molar-refractivity contribution in [1.29, 1.82) is 0 Å². The summed E-state index contributed by atoms with van der Waals surface area (Å²) in [6, 6.07) is 3.83. The third kappa shape index (κ3) is 3.46. The summed E-state index contributed by atoms with van der Waals surface area (Å²) >= 11 is 0. The molecule has 3 heteroatoms. The minimum absolute atomic E-state index is 0.636. The van der Waals surface area contributed by atoms with Crippen molar-refractivity contribution in [2.45, 2.75) is 13.0 Å². The van der Waals surface area contributed by atoms with Gasteiger partial charge in [-0.25, -0.2) is 4.98 Å². The van der Waals surface area contributed by atoms with Gasteiger partial charge in [0.25, 0.3) is 0 Å². The van der Waals surface area contributed by atoms with Crippen LogP contribution in [0, 0.1) is 12.3 Å². The Morgan fingerprint density at radius 2 is 2.43 bits per heavy atom. The maximum Gasteiger partial charge on any atom is 0.212 e. The van der Waals surface area contributed by atoms with E-state index in [4.69, 9.17) is 11.2 Å². The lowest BCUT2D eigenvalue weighted by molar-refractivity contribution is 0.397. The van der Waals surface area contributed by atoms with E-state index in [1.54, 1.807) is 13.3 Å². The molecule has 3 nitrogen and oxygen atoms in total. The highest BCUT2D eigenvalue weighted by Gasteiger charge is 1.94. The summed E-state index contributed by atoms with van der Waals surface area (Å²) in [5.74, 6) is 3.21. The molecule has 0 saturated carbocycles. The lowest BCUT2D eigenvalue weighted by Crippen LogP contribution is -2.14. The van der Waals surface area contributed by atoms with E-state index in [0.717, 1.165) is 25.1 Å². The van der Waals surface area contributed by atoms with Crippen molar-refractivity contribution in [3.05, 3.63) is 23.9 Å². The number of aromatic nitrogens is 1. The molecule has 1 aromatic rings. The van der Waals surface area contributed by atoms with Gasteiger partial charge in [0.1, 0.15) is 0 Å². The molecule has 1 rings (SSSR count). The van der Waals surface area contributed by atoms with Crippen LogP contribution < -0.4 is 10.1 Å². The summed E-state index contributed by atoms with van der Waals surface area (Å²) in [5, 5.41) is 3.22. The standard InChI is InChI=1S/C11H14N2O/c1-3-4-7-12-8-10-5-6-11(14-2)13-9-10/h1,5-6,9,12H,4,7-8H2,2H3. The molecule has 0 amide bonds. The van der Waals surface area contributed by atoms with Crippen molar-refractivity contribution in [3.63, 3.8) is 0 Å². The Balaban J connectivity index is 2.33. The molecule has 0 saturated heterocycles. The number of methoxy groups -OCH3 is 1. The Bertz CT molecular complexity index is 300. The largest absolute Gasteiger partial charge is 0.481 e. The smallest absolute Gasteiger partial charge is 0.212 e. The summed E-state index contributed by atoms with van der Waals surface area (Å²) in [7, 11) is 1.60. The molecule has 0 spiro atoms. The van der Waals surface area contributed by atoms with E-state index in [9.17, 15) is 0 Å². The molecule has 0 fully saturated rings. The van der Waals surface area contributed by atoms with E-state index in [-0.39, 0.29) is 0 Å². The Kier molecular flexibility index (Phi) is 4.53. The van der Waals surface area contributed by atoms with Gasteiger partial charge in [-0.05, 0) is 5.56 Å². The summed E-state index contributed by atoms with van der Waals surface area (Å²) in [6.07, 6.45) is 7.67. The maximum atomic E-state index is 5.13. The first kappa shape index (κ1) is 10.6. The fourth-order valence-corrected chi connectivity index (χ4v) is 1.03. The monoisotopic (exact) mass is 190 g/mol. The zero-order valence-corrected chi connectivity index (χ0v) is 8.29. The highest BCUT2D eigenvalue weighted by atomic mass is 16.5. The van der Waals surface area contributed by atoms with Gasteiger partial charge in [-0.2, -0.15) is 0 Å². The van der Waals surface area contributed by atoms with Gasteiger partial charge in [-0.15, -0.1) is 12.3 Å². The van der Waals surface area contributed by atoms with Gasteiger partial charge in [-0.1, -0.05) is 6.07 Å². The zero-order valence-electron chi connectivity index (χ0n) is 8.29. The van der Waals surface area contributed by atoms with Gasteiger partial charge < -0.3 is 10.1 Å². The molecule has 1 N–H and O–H groups in total. The van der Waals surface area contributed by atoms with Crippen LogP contribution in [0.1, 0.15) is 12.0 Å². The molecule has 0 bridgehead atoms. The lowest BCUT2D eigenvalue weighted by Gasteiger charge is -2.03. The minimum atomic E-state index is 0.636. The van der Waals surface area contributed by atoms with E-state index in [0.29, 0.717) is 5.88 Å². The van der Waals surface area contributed by atoms with Crippen molar-refractivity contribution >= 4 is 0 Å². The second kappa shape index (κ2) is 6.01. The normalized spacial score (nSPS) is 9.43. The predicted molar refractivity (Wildman–Crippen MR) is 55.9 cm³/mol. The van der Waals surface area contributed by atoms with Crippen LogP contribution in [0.15, 0.2) is 18.3 Å². The number of nitrogens with one attached hydrogen (secondary N) is 1. The molecular formula is C11H14N2O. The first-order valence-corrected chi connectivity index (χ1v) is 4.50. The molecule has 1 heterocycles. The van der Waals surface area contributed by atoms with E-state index in [2.05, 4.69) is 16.2 Å². The number of pyridine rings is 1. The SMILES string of the molecule is C#CCCNCc1ccc(OC)nc1. The molecule has 0 atom stereocenters. The number of rotatable bonds is 5. The van der Waals surface area contributed by atoms with E-state index in [1.807, 2.05) is 12.1 Å². The maximum absolute atomic E-state index is 5.13. The van der Waals surface area contributed by atoms with Gasteiger partial charge in [0.2, 0.25) is 5.88 Å². The molecule has 14 heavy (non-hydrogen) atoms. The van der Waals surface area contributed by atoms with Crippen molar-refractivity contribution < 1.29 is 4.74 Å². The van der Waals surface area contributed by atoms with Crippen LogP contribution in [-0.2, 0) is 6.54 Å². The minimum Gasteiger partial charge on any atom is -0.481 e. The lowest BCUT2D eigenvalue weighted by atomic mass is 10.3. The number of terminal acetylenes is 1. The Morgan fingerprint density at radius 3 is 3.00 bits per heavy atom. The van der Waals surface area contributed by atoms with Crippen LogP contribution in [0.3, 0.4) is 0 Å². The van der Waals surface area contributed by atoms with Gasteiger partial charge in [0.05, 0.1) is 7.11 Å². The number of hydrogen-bond acceptors (Lipinski definition) is 3. The predicted octanol–water partition coefficient (Wildman–Crippen LogP) is 1.20. The average Bonchev–Trinajstić information content (AvgIpc) is 2.25. The van der Waals surface area contributed by atoms with Gasteiger partial charge in [0, 0.05) is 31.8 Å². The first-order chi connectivity index (χ1) is 6.86. The van der Waals surface area contributed by atoms with Crippen LogP contribution in [0.2, 0.25) is 0 Å². The Labute approximate surface area is 84.5 Å². The summed E-state index contributed by atoms with van der Waals surface area (Å²) < 4.78 is 4.95.